The normalized spacial score (nSPS) is 21.2. The summed E-state index contributed by atoms with van der Waals surface area (Å²) in [4.78, 5) is 21.0. The van der Waals surface area contributed by atoms with Crippen LogP contribution in [0.3, 0.4) is 0 Å². The van der Waals surface area contributed by atoms with Crippen LogP contribution in [0.4, 0.5) is 10.5 Å². The third-order valence-electron chi connectivity index (χ3n) is 6.15. The van der Waals surface area contributed by atoms with Gasteiger partial charge in [0, 0.05) is 54.1 Å². The first kappa shape index (κ1) is 23.8. The monoisotopic (exact) mass is 491 g/mol. The molecule has 1 amide bonds. The highest BCUT2D eigenvalue weighted by atomic mass is 35.5. The summed E-state index contributed by atoms with van der Waals surface area (Å²) in [7, 11) is -3.03. The molecule has 9 heteroatoms. The molecule has 0 bridgehead atoms. The van der Waals surface area contributed by atoms with Crippen LogP contribution in [0.5, 0.6) is 0 Å². The number of pyridine rings is 1. The number of rotatable bonds is 4. The van der Waals surface area contributed by atoms with Crippen molar-refractivity contribution in [1.82, 2.24) is 9.88 Å². The number of hydrogen-bond donors (Lipinski definition) is 0. The Labute approximate surface area is 200 Å². The van der Waals surface area contributed by atoms with E-state index in [1.807, 2.05) is 52.0 Å². The molecular formula is C24H30ClN3O4S. The van der Waals surface area contributed by atoms with Crippen molar-refractivity contribution in [2.24, 2.45) is 5.92 Å². The van der Waals surface area contributed by atoms with E-state index >= 15 is 0 Å². The fourth-order valence-electron chi connectivity index (χ4n) is 4.58. The van der Waals surface area contributed by atoms with E-state index in [0.29, 0.717) is 18.2 Å². The highest BCUT2D eigenvalue weighted by molar-refractivity contribution is 7.90. The molecule has 0 unspecified atom stereocenters. The van der Waals surface area contributed by atoms with Crippen molar-refractivity contribution in [3.8, 4) is 0 Å². The topological polar surface area (TPSA) is 79.8 Å². The summed E-state index contributed by atoms with van der Waals surface area (Å²) in [6.45, 7) is 8.83. The number of fused-ring (bicyclic) bond motifs is 1. The SMILES string of the molecule is C[C@@H]1[C@@H](CS(C)(=O)=O)CN1c1ccc(C2=CCCN2C(=O)OC(C)(C)C)c2cc(Cl)ncc12. The van der Waals surface area contributed by atoms with Gasteiger partial charge in [-0.3, -0.25) is 4.90 Å². The van der Waals surface area contributed by atoms with Gasteiger partial charge in [-0.1, -0.05) is 23.7 Å². The van der Waals surface area contributed by atoms with Crippen molar-refractivity contribution in [3.63, 3.8) is 0 Å². The van der Waals surface area contributed by atoms with Gasteiger partial charge in [-0.15, -0.1) is 0 Å². The fraction of sp³-hybridized carbons (Fsp3) is 0.500. The summed E-state index contributed by atoms with van der Waals surface area (Å²) in [6.07, 6.45) is 5.45. The molecule has 1 saturated heterocycles. The first-order chi connectivity index (χ1) is 15.3. The molecule has 7 nitrogen and oxygen atoms in total. The number of sulfone groups is 1. The number of nitrogens with zero attached hydrogens (tertiary/aromatic N) is 3. The van der Waals surface area contributed by atoms with Crippen LogP contribution in [0.2, 0.25) is 5.15 Å². The van der Waals surface area contributed by atoms with E-state index in [0.717, 1.165) is 34.1 Å². The number of ether oxygens (including phenoxy) is 1. The molecule has 2 aliphatic heterocycles. The Morgan fingerprint density at radius 2 is 2.00 bits per heavy atom. The minimum atomic E-state index is -3.03. The number of anilines is 1. The van der Waals surface area contributed by atoms with Crippen LogP contribution < -0.4 is 4.90 Å². The Balaban J connectivity index is 1.70. The maximum absolute atomic E-state index is 12.8. The summed E-state index contributed by atoms with van der Waals surface area (Å²) in [5, 5.41) is 2.18. The van der Waals surface area contributed by atoms with Gasteiger partial charge in [0.25, 0.3) is 0 Å². The van der Waals surface area contributed by atoms with Crippen LogP contribution >= 0.6 is 11.6 Å². The van der Waals surface area contributed by atoms with Crippen molar-refractivity contribution >= 4 is 49.7 Å². The zero-order valence-corrected chi connectivity index (χ0v) is 21.2. The van der Waals surface area contributed by atoms with Crippen molar-refractivity contribution in [3.05, 3.63) is 41.2 Å². The van der Waals surface area contributed by atoms with Crippen LogP contribution in [0.1, 0.15) is 39.7 Å². The van der Waals surface area contributed by atoms with Crippen LogP contribution in [0, 0.1) is 5.92 Å². The predicted octanol–water partition coefficient (Wildman–Crippen LogP) is 4.74. The first-order valence-corrected chi connectivity index (χ1v) is 13.5. The van der Waals surface area contributed by atoms with Crippen LogP contribution in [-0.4, -0.2) is 61.1 Å². The Morgan fingerprint density at radius 1 is 1.27 bits per heavy atom. The highest BCUT2D eigenvalue weighted by Crippen LogP contribution is 2.41. The summed E-state index contributed by atoms with van der Waals surface area (Å²) in [5.41, 5.74) is 2.09. The first-order valence-electron chi connectivity index (χ1n) is 11.1. The molecule has 2 aliphatic rings. The Hall–Kier alpha value is -2.32. The quantitative estimate of drug-likeness (QED) is 0.575. The summed E-state index contributed by atoms with van der Waals surface area (Å²) in [6, 6.07) is 5.93. The average molecular weight is 492 g/mol. The summed E-state index contributed by atoms with van der Waals surface area (Å²) >= 11 is 6.27. The molecule has 3 heterocycles. The Kier molecular flexibility index (Phi) is 6.12. The second-order valence-electron chi connectivity index (χ2n) is 9.94. The van der Waals surface area contributed by atoms with Crippen molar-refractivity contribution in [1.29, 1.82) is 0 Å². The zero-order valence-electron chi connectivity index (χ0n) is 19.6. The maximum atomic E-state index is 12.8. The average Bonchev–Trinajstić information content (AvgIpc) is 3.18. The molecule has 0 N–H and O–H groups in total. The third-order valence-corrected chi connectivity index (χ3v) is 7.39. The maximum Gasteiger partial charge on any atom is 0.414 e. The van der Waals surface area contributed by atoms with E-state index in [2.05, 4.69) is 9.88 Å². The molecule has 0 radical (unpaired) electrons. The van der Waals surface area contributed by atoms with Gasteiger partial charge in [-0.05, 0) is 51.6 Å². The predicted molar refractivity (Wildman–Crippen MR) is 132 cm³/mol. The van der Waals surface area contributed by atoms with Gasteiger partial charge in [0.15, 0.2) is 0 Å². The van der Waals surface area contributed by atoms with Gasteiger partial charge in [0.05, 0.1) is 11.4 Å². The lowest BCUT2D eigenvalue weighted by Gasteiger charge is -2.48. The molecule has 1 aromatic heterocycles. The van der Waals surface area contributed by atoms with Crippen molar-refractivity contribution in [2.75, 3.05) is 30.0 Å². The lowest BCUT2D eigenvalue weighted by Crippen LogP contribution is -2.57. The van der Waals surface area contributed by atoms with Crippen LogP contribution in [-0.2, 0) is 14.6 Å². The molecule has 4 rings (SSSR count). The van der Waals surface area contributed by atoms with Crippen molar-refractivity contribution < 1.29 is 17.9 Å². The lowest BCUT2D eigenvalue weighted by molar-refractivity contribution is 0.0365. The lowest BCUT2D eigenvalue weighted by atomic mass is 9.89. The largest absolute Gasteiger partial charge is 0.443 e. The van der Waals surface area contributed by atoms with Crippen LogP contribution in [0.15, 0.2) is 30.5 Å². The van der Waals surface area contributed by atoms with Gasteiger partial charge < -0.3 is 9.64 Å². The Morgan fingerprint density at radius 3 is 2.64 bits per heavy atom. The molecule has 1 fully saturated rings. The summed E-state index contributed by atoms with van der Waals surface area (Å²) < 4.78 is 29.1. The minimum absolute atomic E-state index is 0.0911. The van der Waals surface area contributed by atoms with Gasteiger partial charge in [0.2, 0.25) is 0 Å². The van der Waals surface area contributed by atoms with E-state index in [9.17, 15) is 13.2 Å². The van der Waals surface area contributed by atoms with E-state index in [4.69, 9.17) is 16.3 Å². The minimum Gasteiger partial charge on any atom is -0.443 e. The zero-order chi connectivity index (χ0) is 24.1. The molecule has 2 aromatic rings. The number of benzene rings is 1. The van der Waals surface area contributed by atoms with E-state index < -0.39 is 15.4 Å². The smallest absolute Gasteiger partial charge is 0.414 e. The number of carbonyl (C=O) groups is 1. The number of hydrogen-bond acceptors (Lipinski definition) is 6. The van der Waals surface area contributed by atoms with E-state index in [-0.39, 0.29) is 23.8 Å². The van der Waals surface area contributed by atoms with Gasteiger partial charge in [0.1, 0.15) is 20.6 Å². The number of aromatic nitrogens is 1. The van der Waals surface area contributed by atoms with Gasteiger partial charge >= 0.3 is 6.09 Å². The van der Waals surface area contributed by atoms with E-state index in [1.165, 1.54) is 6.26 Å². The molecule has 178 valence electrons. The fourth-order valence-corrected chi connectivity index (χ4v) is 5.90. The van der Waals surface area contributed by atoms with Gasteiger partial charge in [-0.2, -0.15) is 0 Å². The summed E-state index contributed by atoms with van der Waals surface area (Å²) in [5.74, 6) is 0.276. The number of carbonyl (C=O) groups excluding carboxylic acids is 1. The Bertz CT molecular complexity index is 1240. The molecule has 33 heavy (non-hydrogen) atoms. The molecule has 2 atom stereocenters. The van der Waals surface area contributed by atoms with Gasteiger partial charge in [-0.25, -0.2) is 18.2 Å². The van der Waals surface area contributed by atoms with Crippen molar-refractivity contribution in [2.45, 2.75) is 45.8 Å². The van der Waals surface area contributed by atoms with Crippen LogP contribution in [0.25, 0.3) is 16.5 Å². The van der Waals surface area contributed by atoms with E-state index in [1.54, 1.807) is 11.1 Å². The standard InChI is InChI=1S/C24H30ClN3O4S/c1-15-16(14-33(5,30)31)13-28(15)21-9-8-17(18-11-22(25)26-12-19(18)21)20-7-6-10-27(20)23(29)32-24(2,3)4/h7-9,11-12,15-16H,6,10,13-14H2,1-5H3/t15-,16-/m1/s1. The number of halogens is 1. The highest BCUT2D eigenvalue weighted by Gasteiger charge is 2.38. The molecule has 0 aliphatic carbocycles. The second kappa shape index (κ2) is 8.47. The molecule has 0 spiro atoms. The molecule has 0 saturated carbocycles. The molecular weight excluding hydrogens is 462 g/mol. The third kappa shape index (κ3) is 4.96. The molecule has 1 aromatic carbocycles. The number of amides is 1. The second-order valence-corrected chi connectivity index (χ2v) is 12.5.